The maximum Gasteiger partial charge on any atom is 0.182 e. The molecule has 0 radical (unpaired) electrons. The Labute approximate surface area is 157 Å². The van der Waals surface area contributed by atoms with Crippen LogP contribution in [-0.2, 0) is 0 Å². The molecule has 0 saturated carbocycles. The number of ketones is 1. The number of carbonyl (C=O) groups excluding carboxylic acids is 1. The number of benzene rings is 2. The van der Waals surface area contributed by atoms with Crippen molar-refractivity contribution < 1.29 is 4.79 Å². The van der Waals surface area contributed by atoms with Gasteiger partial charge in [-0.2, -0.15) is 0 Å². The van der Waals surface area contributed by atoms with Crippen molar-refractivity contribution in [3.05, 3.63) is 58.7 Å². The number of likely N-dealkylation sites (N-methyl/N-ethyl adjacent to an activating group) is 1. The van der Waals surface area contributed by atoms with Crippen LogP contribution in [0.15, 0.2) is 41.4 Å². The normalized spacial score (nSPS) is 11.0. The molecule has 0 amide bonds. The molecule has 0 aliphatic heterocycles. The maximum absolute atomic E-state index is 12.8. The third kappa shape index (κ3) is 4.94. The number of nitrogens with zero attached hydrogens (tertiary/aromatic N) is 3. The summed E-state index contributed by atoms with van der Waals surface area (Å²) in [6.45, 7) is 9.37. The largest absolute Gasteiger partial charge is 0.367 e. The summed E-state index contributed by atoms with van der Waals surface area (Å²) in [4.78, 5) is 21.3. The Morgan fingerprint density at radius 3 is 2.31 bits per heavy atom. The summed E-state index contributed by atoms with van der Waals surface area (Å²) in [5, 5.41) is 0. The lowest BCUT2D eigenvalue weighted by molar-refractivity contribution is 0.0999. The lowest BCUT2D eigenvalue weighted by Crippen LogP contribution is -2.26. The van der Waals surface area contributed by atoms with Crippen LogP contribution in [0.1, 0.15) is 34.0 Å². The quantitative estimate of drug-likeness (QED) is 0.417. The lowest BCUT2D eigenvalue weighted by atomic mass is 10.00. The third-order valence-corrected chi connectivity index (χ3v) is 4.59. The average Bonchev–Trinajstić information content (AvgIpc) is 2.62. The first-order valence-corrected chi connectivity index (χ1v) is 8.98. The number of Topliss-reactive ketones (excluding diaryl/α,β-unsaturated/α-hetero) is 1. The number of rotatable bonds is 7. The van der Waals surface area contributed by atoms with E-state index >= 15 is 0 Å². The van der Waals surface area contributed by atoms with Crippen LogP contribution in [0.2, 0.25) is 0 Å². The number of carbonyl (C=O) groups is 1. The molecule has 4 heteroatoms. The predicted octanol–water partition coefficient (Wildman–Crippen LogP) is 4.54. The summed E-state index contributed by atoms with van der Waals surface area (Å²) in [6.07, 6.45) is 1.83. The highest BCUT2D eigenvalue weighted by Crippen LogP contribution is 2.24. The average molecular weight is 351 g/mol. The Morgan fingerprint density at radius 2 is 1.69 bits per heavy atom. The molecule has 138 valence electrons. The van der Waals surface area contributed by atoms with E-state index < -0.39 is 0 Å². The van der Waals surface area contributed by atoms with Crippen molar-refractivity contribution in [2.75, 3.05) is 32.1 Å². The Balaban J connectivity index is 2.17. The van der Waals surface area contributed by atoms with Crippen molar-refractivity contribution in [2.24, 2.45) is 4.99 Å². The number of anilines is 1. The Bertz CT molecular complexity index is 794. The Hall–Kier alpha value is -2.62. The van der Waals surface area contributed by atoms with E-state index in [0.717, 1.165) is 34.6 Å². The molecular formula is C22H29N3O. The van der Waals surface area contributed by atoms with Gasteiger partial charge in [0.2, 0.25) is 0 Å². The highest BCUT2D eigenvalue weighted by molar-refractivity contribution is 6.01. The first-order valence-electron chi connectivity index (χ1n) is 8.98. The van der Waals surface area contributed by atoms with Gasteiger partial charge in [-0.1, -0.05) is 17.7 Å². The summed E-state index contributed by atoms with van der Waals surface area (Å²) in [5.74, 6) is 0.120. The van der Waals surface area contributed by atoms with Gasteiger partial charge in [0.25, 0.3) is 0 Å². The van der Waals surface area contributed by atoms with Crippen molar-refractivity contribution >= 4 is 23.5 Å². The van der Waals surface area contributed by atoms with Crippen molar-refractivity contribution in [1.29, 1.82) is 0 Å². The van der Waals surface area contributed by atoms with Gasteiger partial charge in [0, 0.05) is 31.9 Å². The van der Waals surface area contributed by atoms with Gasteiger partial charge in [-0.3, -0.25) is 4.79 Å². The first kappa shape index (κ1) is 19.7. The minimum Gasteiger partial charge on any atom is -0.367 e. The topological polar surface area (TPSA) is 35.9 Å². The van der Waals surface area contributed by atoms with Gasteiger partial charge in [0.15, 0.2) is 5.78 Å². The van der Waals surface area contributed by atoms with Crippen LogP contribution in [0, 0.1) is 20.8 Å². The molecule has 26 heavy (non-hydrogen) atoms. The molecule has 0 heterocycles. The van der Waals surface area contributed by atoms with Gasteiger partial charge in [-0.25, -0.2) is 4.99 Å². The third-order valence-electron chi connectivity index (χ3n) is 4.59. The zero-order chi connectivity index (χ0) is 19.3. The lowest BCUT2D eigenvalue weighted by Gasteiger charge is -2.19. The predicted molar refractivity (Wildman–Crippen MR) is 111 cm³/mol. The van der Waals surface area contributed by atoms with Crippen LogP contribution < -0.4 is 4.90 Å². The van der Waals surface area contributed by atoms with E-state index in [1.54, 1.807) is 0 Å². The molecule has 0 bridgehead atoms. The van der Waals surface area contributed by atoms with Crippen molar-refractivity contribution in [1.82, 2.24) is 4.90 Å². The number of aryl methyl sites for hydroxylation is 3. The van der Waals surface area contributed by atoms with Crippen LogP contribution in [0.4, 0.5) is 11.4 Å². The number of hydrogen-bond donors (Lipinski definition) is 0. The van der Waals surface area contributed by atoms with Crippen LogP contribution in [0.25, 0.3) is 0 Å². The molecule has 0 spiro atoms. The molecule has 2 aromatic carbocycles. The van der Waals surface area contributed by atoms with Crippen LogP contribution in [0.5, 0.6) is 0 Å². The number of aliphatic imine (C=N–C) groups is 1. The van der Waals surface area contributed by atoms with E-state index in [2.05, 4.69) is 31.0 Å². The van der Waals surface area contributed by atoms with Gasteiger partial charge >= 0.3 is 0 Å². The van der Waals surface area contributed by atoms with E-state index in [4.69, 9.17) is 0 Å². The van der Waals surface area contributed by atoms with E-state index in [1.165, 1.54) is 5.56 Å². The zero-order valence-electron chi connectivity index (χ0n) is 16.7. The zero-order valence-corrected chi connectivity index (χ0v) is 16.7. The fraction of sp³-hybridized carbons (Fsp3) is 0.364. The van der Waals surface area contributed by atoms with Crippen LogP contribution in [-0.4, -0.2) is 44.2 Å². The molecule has 0 N–H and O–H groups in total. The minimum absolute atomic E-state index is 0.120. The second kappa shape index (κ2) is 8.65. The Kier molecular flexibility index (Phi) is 6.56. The second-order valence-corrected chi connectivity index (χ2v) is 6.89. The van der Waals surface area contributed by atoms with Crippen LogP contribution in [0.3, 0.4) is 0 Å². The highest BCUT2D eigenvalue weighted by Gasteiger charge is 2.14. The van der Waals surface area contributed by atoms with Gasteiger partial charge in [0.05, 0.1) is 18.6 Å². The summed E-state index contributed by atoms with van der Waals surface area (Å²) < 4.78 is 0. The molecule has 4 nitrogen and oxygen atoms in total. The molecule has 2 aromatic rings. The van der Waals surface area contributed by atoms with E-state index in [0.29, 0.717) is 6.54 Å². The summed E-state index contributed by atoms with van der Waals surface area (Å²) in [7, 11) is 3.94. The van der Waals surface area contributed by atoms with Crippen molar-refractivity contribution in [2.45, 2.75) is 27.7 Å². The molecule has 0 aliphatic rings. The van der Waals surface area contributed by atoms with E-state index in [-0.39, 0.29) is 5.78 Å². The molecular weight excluding hydrogens is 322 g/mol. The molecule has 0 aliphatic carbocycles. The fourth-order valence-electron chi connectivity index (χ4n) is 2.67. The van der Waals surface area contributed by atoms with Crippen molar-refractivity contribution in [3.8, 4) is 0 Å². The van der Waals surface area contributed by atoms with Crippen molar-refractivity contribution in [3.63, 3.8) is 0 Å². The molecule has 0 atom stereocenters. The fourth-order valence-corrected chi connectivity index (χ4v) is 2.67. The number of hydrogen-bond acceptors (Lipinski definition) is 3. The second-order valence-electron chi connectivity index (χ2n) is 6.89. The summed E-state index contributed by atoms with van der Waals surface area (Å²) in [6, 6.07) is 12.2. The van der Waals surface area contributed by atoms with Crippen LogP contribution >= 0.6 is 0 Å². The summed E-state index contributed by atoms with van der Waals surface area (Å²) in [5.41, 5.74) is 5.91. The first-order chi connectivity index (χ1) is 12.3. The maximum atomic E-state index is 12.8. The Morgan fingerprint density at radius 1 is 1.04 bits per heavy atom. The monoisotopic (exact) mass is 351 g/mol. The molecule has 0 saturated heterocycles. The molecule has 2 rings (SSSR count). The molecule has 0 fully saturated rings. The SMILES string of the molecule is CCN(C)/C=N\c1cc(C)c(C(=O)CN(C)c2ccc(C)cc2)cc1C. The van der Waals surface area contributed by atoms with Gasteiger partial charge in [-0.15, -0.1) is 0 Å². The molecule has 0 unspecified atom stereocenters. The summed E-state index contributed by atoms with van der Waals surface area (Å²) >= 11 is 0. The highest BCUT2D eigenvalue weighted by atomic mass is 16.1. The van der Waals surface area contributed by atoms with E-state index in [9.17, 15) is 4.79 Å². The standard InChI is InChI=1S/C22H29N3O/c1-7-24(5)15-23-21-13-17(3)20(12-18(21)4)22(26)14-25(6)19-10-8-16(2)9-11-19/h8-13,15H,7,14H2,1-6H3/b23-15-. The van der Waals surface area contributed by atoms with Gasteiger partial charge < -0.3 is 9.80 Å². The minimum atomic E-state index is 0.120. The van der Waals surface area contributed by atoms with E-state index in [1.807, 2.05) is 68.3 Å². The smallest absolute Gasteiger partial charge is 0.182 e. The van der Waals surface area contributed by atoms with Gasteiger partial charge in [-0.05, 0) is 63.1 Å². The molecule has 0 aromatic heterocycles. The van der Waals surface area contributed by atoms with Gasteiger partial charge in [0.1, 0.15) is 0 Å².